The smallest absolute Gasteiger partial charge is 0.328 e. The summed E-state index contributed by atoms with van der Waals surface area (Å²) in [5.74, 6) is -1.31. The van der Waals surface area contributed by atoms with E-state index in [9.17, 15) is 9.59 Å². The summed E-state index contributed by atoms with van der Waals surface area (Å²) in [4.78, 5) is 22.2. The van der Waals surface area contributed by atoms with Gasteiger partial charge in [-0.15, -0.1) is 0 Å². The third-order valence-electron chi connectivity index (χ3n) is 2.17. The topological polar surface area (TPSA) is 66.4 Å². The Morgan fingerprint density at radius 2 is 1.88 bits per heavy atom. The number of rotatable bonds is 8. The minimum absolute atomic E-state index is 0.250. The molecule has 0 aliphatic carbocycles. The van der Waals surface area contributed by atoms with E-state index in [0.717, 1.165) is 31.8 Å². The minimum atomic E-state index is -1.06. The van der Waals surface area contributed by atoms with E-state index >= 15 is 0 Å². The van der Waals surface area contributed by atoms with Crippen LogP contribution >= 0.6 is 0 Å². The van der Waals surface area contributed by atoms with Gasteiger partial charge in [0.1, 0.15) is 0 Å². The number of carboxylic acid groups (broad SMARTS) is 1. The number of nitrogens with one attached hydrogen (secondary N) is 1. The Morgan fingerprint density at radius 3 is 2.38 bits per heavy atom. The molecular weight excluding hydrogens is 206 g/mol. The van der Waals surface area contributed by atoms with Crippen LogP contribution in [0.25, 0.3) is 0 Å². The highest BCUT2D eigenvalue weighted by atomic mass is 16.4. The predicted octanol–water partition coefficient (Wildman–Crippen LogP) is 2.10. The Kier molecular flexibility index (Phi) is 8.21. The molecule has 4 nitrogen and oxygen atoms in total. The summed E-state index contributed by atoms with van der Waals surface area (Å²) in [6.45, 7) is 4.61. The van der Waals surface area contributed by atoms with Gasteiger partial charge in [-0.3, -0.25) is 4.79 Å². The maximum Gasteiger partial charge on any atom is 0.328 e. The molecule has 0 bridgehead atoms. The molecule has 0 fully saturated rings. The van der Waals surface area contributed by atoms with Crippen LogP contribution in [0.4, 0.5) is 0 Å². The van der Waals surface area contributed by atoms with Crippen LogP contribution in [0.1, 0.15) is 46.0 Å². The first-order chi connectivity index (χ1) is 7.61. The van der Waals surface area contributed by atoms with Gasteiger partial charge in [0.25, 0.3) is 0 Å². The van der Waals surface area contributed by atoms with Crippen molar-refractivity contribution in [3.05, 3.63) is 11.6 Å². The van der Waals surface area contributed by atoms with Crippen LogP contribution < -0.4 is 5.32 Å². The van der Waals surface area contributed by atoms with Crippen LogP contribution in [0.2, 0.25) is 0 Å². The number of carbonyl (C=O) groups excluding carboxylic acids is 1. The molecule has 0 saturated carbocycles. The van der Waals surface area contributed by atoms with E-state index in [1.54, 1.807) is 0 Å². The van der Waals surface area contributed by atoms with Gasteiger partial charge in [0.05, 0.1) is 0 Å². The number of hydrogen-bond acceptors (Lipinski definition) is 2. The number of hydrogen-bond donors (Lipinski definition) is 2. The summed E-state index contributed by atoms with van der Waals surface area (Å²) in [6, 6.07) is 0. The second-order valence-corrected chi connectivity index (χ2v) is 3.72. The van der Waals surface area contributed by atoms with Gasteiger partial charge in [-0.1, -0.05) is 26.7 Å². The predicted molar refractivity (Wildman–Crippen MR) is 63.2 cm³/mol. The molecule has 0 aromatic carbocycles. The molecule has 0 heterocycles. The molecule has 0 unspecified atom stereocenters. The first-order valence-electron chi connectivity index (χ1n) is 5.83. The maximum atomic E-state index is 11.6. The van der Waals surface area contributed by atoms with Gasteiger partial charge < -0.3 is 10.4 Å². The van der Waals surface area contributed by atoms with Crippen molar-refractivity contribution in [2.75, 3.05) is 6.54 Å². The summed E-state index contributed by atoms with van der Waals surface area (Å²) < 4.78 is 0. The Bertz CT molecular complexity index is 259. The van der Waals surface area contributed by atoms with Crippen molar-refractivity contribution >= 4 is 11.9 Å². The highest BCUT2D eigenvalue weighted by molar-refractivity contribution is 5.98. The average molecular weight is 227 g/mol. The zero-order chi connectivity index (χ0) is 12.4. The fourth-order valence-corrected chi connectivity index (χ4v) is 1.32. The molecule has 0 rings (SSSR count). The van der Waals surface area contributed by atoms with Crippen molar-refractivity contribution < 1.29 is 14.7 Å². The molecule has 0 aromatic heterocycles. The van der Waals surface area contributed by atoms with Crippen LogP contribution in [0.15, 0.2) is 11.6 Å². The van der Waals surface area contributed by atoms with Crippen molar-refractivity contribution in [1.82, 2.24) is 5.32 Å². The van der Waals surface area contributed by atoms with Crippen molar-refractivity contribution in [3.63, 3.8) is 0 Å². The monoisotopic (exact) mass is 227 g/mol. The summed E-state index contributed by atoms with van der Waals surface area (Å²) >= 11 is 0. The lowest BCUT2D eigenvalue weighted by Crippen LogP contribution is -2.26. The normalized spacial score (nSPS) is 11.2. The van der Waals surface area contributed by atoms with E-state index in [1.807, 2.05) is 6.92 Å². The van der Waals surface area contributed by atoms with Crippen molar-refractivity contribution in [2.24, 2.45) is 0 Å². The van der Waals surface area contributed by atoms with Crippen molar-refractivity contribution in [3.8, 4) is 0 Å². The zero-order valence-electron chi connectivity index (χ0n) is 10.1. The number of carbonyl (C=O) groups is 2. The molecule has 0 radical (unpaired) electrons. The summed E-state index contributed by atoms with van der Waals surface area (Å²) in [7, 11) is 0. The molecule has 2 N–H and O–H groups in total. The van der Waals surface area contributed by atoms with Gasteiger partial charge in [0, 0.05) is 18.2 Å². The highest BCUT2D eigenvalue weighted by Crippen LogP contribution is 2.09. The Labute approximate surface area is 96.7 Å². The Morgan fingerprint density at radius 1 is 1.19 bits per heavy atom. The van der Waals surface area contributed by atoms with Gasteiger partial charge in [-0.05, 0) is 19.3 Å². The summed E-state index contributed by atoms with van der Waals surface area (Å²) in [5.41, 5.74) is 0.370. The molecule has 0 aliphatic heterocycles. The number of amides is 1. The molecule has 0 spiro atoms. The van der Waals surface area contributed by atoms with Gasteiger partial charge in [-0.25, -0.2) is 4.79 Å². The van der Waals surface area contributed by atoms with E-state index in [-0.39, 0.29) is 5.91 Å². The maximum absolute atomic E-state index is 11.6. The quantitative estimate of drug-likeness (QED) is 0.493. The van der Waals surface area contributed by atoms with E-state index in [2.05, 4.69) is 12.2 Å². The first kappa shape index (κ1) is 14.7. The van der Waals surface area contributed by atoms with Crippen LogP contribution in [0.3, 0.4) is 0 Å². The molecule has 0 atom stereocenters. The van der Waals surface area contributed by atoms with Gasteiger partial charge in [-0.2, -0.15) is 0 Å². The number of aliphatic carboxylic acids is 1. The van der Waals surface area contributed by atoms with E-state index in [1.165, 1.54) is 0 Å². The molecule has 16 heavy (non-hydrogen) atoms. The first-order valence-corrected chi connectivity index (χ1v) is 5.83. The third kappa shape index (κ3) is 7.04. The summed E-state index contributed by atoms with van der Waals surface area (Å²) in [5, 5.41) is 11.4. The van der Waals surface area contributed by atoms with E-state index in [4.69, 9.17) is 5.11 Å². The molecule has 1 amide bonds. The Hall–Kier alpha value is -1.32. The molecule has 0 aliphatic rings. The Balaban J connectivity index is 4.30. The van der Waals surface area contributed by atoms with Crippen LogP contribution in [0.5, 0.6) is 0 Å². The summed E-state index contributed by atoms with van der Waals surface area (Å²) in [6.07, 6.45) is 5.32. The van der Waals surface area contributed by atoms with Crippen molar-refractivity contribution in [2.45, 2.75) is 46.0 Å². The van der Waals surface area contributed by atoms with E-state index < -0.39 is 5.97 Å². The second kappa shape index (κ2) is 8.95. The molecular formula is C12H21NO3. The molecule has 4 heteroatoms. The molecule has 0 aromatic rings. The fourth-order valence-electron chi connectivity index (χ4n) is 1.32. The number of unbranched alkanes of at least 4 members (excludes halogenated alkanes) is 2. The number of carboxylic acids is 1. The fraction of sp³-hybridized carbons (Fsp3) is 0.667. The van der Waals surface area contributed by atoms with Gasteiger partial charge >= 0.3 is 5.97 Å². The van der Waals surface area contributed by atoms with Gasteiger partial charge in [0.15, 0.2) is 0 Å². The van der Waals surface area contributed by atoms with Crippen LogP contribution in [0, 0.1) is 0 Å². The average Bonchev–Trinajstić information content (AvgIpc) is 2.24. The van der Waals surface area contributed by atoms with Crippen LogP contribution in [-0.2, 0) is 9.59 Å². The standard InChI is InChI=1S/C12H21NO3/c1-3-5-6-7-10(9-11(14)15)12(16)13-8-4-2/h9H,3-8H2,1-2H3,(H,13,16)(H,14,15)/b10-9-. The van der Waals surface area contributed by atoms with Crippen LogP contribution in [-0.4, -0.2) is 23.5 Å². The lowest BCUT2D eigenvalue weighted by atomic mass is 10.1. The van der Waals surface area contributed by atoms with Gasteiger partial charge in [0.2, 0.25) is 5.91 Å². The minimum Gasteiger partial charge on any atom is -0.478 e. The third-order valence-corrected chi connectivity index (χ3v) is 2.17. The lowest BCUT2D eigenvalue weighted by molar-refractivity contribution is -0.132. The zero-order valence-corrected chi connectivity index (χ0v) is 10.1. The molecule has 0 saturated heterocycles. The largest absolute Gasteiger partial charge is 0.478 e. The molecule has 92 valence electrons. The second-order valence-electron chi connectivity index (χ2n) is 3.72. The van der Waals surface area contributed by atoms with Crippen molar-refractivity contribution in [1.29, 1.82) is 0 Å². The van der Waals surface area contributed by atoms with E-state index in [0.29, 0.717) is 18.5 Å². The SMILES string of the molecule is CCCCC/C(=C/C(=O)O)C(=O)NCCC. The lowest BCUT2D eigenvalue weighted by Gasteiger charge is -2.07. The highest BCUT2D eigenvalue weighted by Gasteiger charge is 2.09.